The lowest BCUT2D eigenvalue weighted by Gasteiger charge is -2.22. The molecule has 84 valence electrons. The molecule has 0 aliphatic rings. The molecule has 0 saturated heterocycles. The number of aliphatic hydroxyl groups excluding tert-OH is 1. The van der Waals surface area contributed by atoms with Crippen LogP contribution in [0, 0.1) is 0 Å². The van der Waals surface area contributed by atoms with Gasteiger partial charge in [-0.15, -0.1) is 0 Å². The third-order valence-corrected chi connectivity index (χ3v) is 1.73. The topological polar surface area (TPSA) is 70.0 Å². The second kappa shape index (κ2) is 7.73. The second-order valence-electron chi connectivity index (χ2n) is 3.24. The summed E-state index contributed by atoms with van der Waals surface area (Å²) in [4.78, 5) is 12.2. The van der Waals surface area contributed by atoms with Crippen molar-refractivity contribution in [3.05, 3.63) is 0 Å². The number of aliphatic carboxylic acids is 1. The number of ether oxygens (including phenoxy) is 1. The number of carboxylic acids is 1. The zero-order valence-electron chi connectivity index (χ0n) is 8.77. The smallest absolute Gasteiger partial charge is 0.317 e. The Morgan fingerprint density at radius 3 is 2.64 bits per heavy atom. The van der Waals surface area contributed by atoms with E-state index >= 15 is 0 Å². The molecule has 1 atom stereocenters. The first-order chi connectivity index (χ1) is 6.60. The van der Waals surface area contributed by atoms with Crippen LogP contribution >= 0.6 is 0 Å². The minimum Gasteiger partial charge on any atom is -0.480 e. The Morgan fingerprint density at radius 2 is 2.21 bits per heavy atom. The van der Waals surface area contributed by atoms with Gasteiger partial charge in [0.25, 0.3) is 0 Å². The van der Waals surface area contributed by atoms with Crippen molar-refractivity contribution in [2.75, 3.05) is 33.4 Å². The third kappa shape index (κ3) is 6.82. The van der Waals surface area contributed by atoms with Gasteiger partial charge >= 0.3 is 5.97 Å². The average molecular weight is 205 g/mol. The Bertz CT molecular complexity index is 163. The van der Waals surface area contributed by atoms with E-state index in [0.717, 1.165) is 6.42 Å². The zero-order chi connectivity index (χ0) is 11.0. The van der Waals surface area contributed by atoms with E-state index in [9.17, 15) is 9.90 Å². The predicted octanol–water partition coefficient (Wildman–Crippen LogP) is -0.210. The van der Waals surface area contributed by atoms with Gasteiger partial charge in [-0.3, -0.25) is 9.69 Å². The van der Waals surface area contributed by atoms with Crippen LogP contribution in [0.15, 0.2) is 0 Å². The molecule has 0 aromatic heterocycles. The first-order valence-electron chi connectivity index (χ1n) is 4.71. The zero-order valence-corrected chi connectivity index (χ0v) is 8.77. The Kier molecular flexibility index (Phi) is 7.37. The Morgan fingerprint density at radius 1 is 1.57 bits per heavy atom. The number of rotatable bonds is 8. The lowest BCUT2D eigenvalue weighted by molar-refractivity contribution is -0.138. The van der Waals surface area contributed by atoms with E-state index in [1.54, 1.807) is 4.90 Å². The highest BCUT2D eigenvalue weighted by Crippen LogP contribution is 1.95. The number of hydrogen-bond donors (Lipinski definition) is 2. The molecule has 0 spiro atoms. The Hall–Kier alpha value is -0.650. The quantitative estimate of drug-likeness (QED) is 0.574. The van der Waals surface area contributed by atoms with Crippen molar-refractivity contribution in [2.45, 2.75) is 19.4 Å². The van der Waals surface area contributed by atoms with Gasteiger partial charge in [0.2, 0.25) is 0 Å². The summed E-state index contributed by atoms with van der Waals surface area (Å²) in [5.41, 5.74) is 0. The molecule has 0 aliphatic carbocycles. The molecule has 0 bridgehead atoms. The number of hydrogen-bond acceptors (Lipinski definition) is 4. The van der Waals surface area contributed by atoms with Crippen LogP contribution in [0.5, 0.6) is 0 Å². The molecule has 0 fully saturated rings. The third-order valence-electron chi connectivity index (χ3n) is 1.73. The highest BCUT2D eigenvalue weighted by atomic mass is 16.5. The van der Waals surface area contributed by atoms with Crippen molar-refractivity contribution in [1.29, 1.82) is 0 Å². The van der Waals surface area contributed by atoms with E-state index in [1.807, 2.05) is 6.92 Å². The van der Waals surface area contributed by atoms with Crippen LogP contribution in [-0.2, 0) is 9.53 Å². The lowest BCUT2D eigenvalue weighted by atomic mass is 10.3. The average Bonchev–Trinajstić information content (AvgIpc) is 2.03. The summed E-state index contributed by atoms with van der Waals surface area (Å²) in [6, 6.07) is 0. The second-order valence-corrected chi connectivity index (χ2v) is 3.24. The minimum atomic E-state index is -0.872. The Balaban J connectivity index is 3.87. The number of carbonyl (C=O) groups is 1. The molecular formula is C9H19NO4. The molecule has 0 heterocycles. The van der Waals surface area contributed by atoms with Gasteiger partial charge in [-0.1, -0.05) is 6.92 Å². The molecule has 0 amide bonds. The molecule has 0 aromatic rings. The van der Waals surface area contributed by atoms with Gasteiger partial charge in [0.15, 0.2) is 0 Å². The largest absolute Gasteiger partial charge is 0.480 e. The van der Waals surface area contributed by atoms with Crippen molar-refractivity contribution in [3.8, 4) is 0 Å². The maximum absolute atomic E-state index is 10.5. The van der Waals surface area contributed by atoms with E-state index in [1.165, 1.54) is 7.11 Å². The van der Waals surface area contributed by atoms with Gasteiger partial charge in [-0.25, -0.2) is 0 Å². The first-order valence-corrected chi connectivity index (χ1v) is 4.71. The van der Waals surface area contributed by atoms with E-state index in [2.05, 4.69) is 0 Å². The minimum absolute atomic E-state index is 0.0331. The van der Waals surface area contributed by atoms with E-state index < -0.39 is 12.1 Å². The lowest BCUT2D eigenvalue weighted by Crippen LogP contribution is -2.38. The molecule has 0 radical (unpaired) electrons. The van der Waals surface area contributed by atoms with Crippen molar-refractivity contribution < 1.29 is 19.7 Å². The molecule has 5 nitrogen and oxygen atoms in total. The van der Waals surface area contributed by atoms with Crippen molar-refractivity contribution in [3.63, 3.8) is 0 Å². The summed E-state index contributed by atoms with van der Waals surface area (Å²) in [7, 11) is 1.50. The van der Waals surface area contributed by atoms with Crippen molar-refractivity contribution >= 4 is 5.97 Å². The molecular weight excluding hydrogens is 186 g/mol. The van der Waals surface area contributed by atoms with Crippen LogP contribution in [0.25, 0.3) is 0 Å². The maximum Gasteiger partial charge on any atom is 0.317 e. The fourth-order valence-corrected chi connectivity index (χ4v) is 1.29. The summed E-state index contributed by atoms with van der Waals surface area (Å²) >= 11 is 0. The maximum atomic E-state index is 10.5. The first kappa shape index (κ1) is 13.4. The number of aliphatic hydroxyl groups is 1. The van der Waals surface area contributed by atoms with Gasteiger partial charge in [-0.2, -0.15) is 0 Å². The van der Waals surface area contributed by atoms with Crippen LogP contribution in [0.1, 0.15) is 13.3 Å². The van der Waals surface area contributed by atoms with Crippen LogP contribution < -0.4 is 0 Å². The number of carboxylic acid groups (broad SMARTS) is 1. The summed E-state index contributed by atoms with van der Waals surface area (Å²) < 4.78 is 4.76. The SMILES string of the molecule is CCCN(CC(=O)O)CC(O)COC. The summed E-state index contributed by atoms with van der Waals surface area (Å²) in [6.07, 6.45) is 0.249. The fourth-order valence-electron chi connectivity index (χ4n) is 1.29. The monoisotopic (exact) mass is 205 g/mol. The van der Waals surface area contributed by atoms with Gasteiger partial charge in [0, 0.05) is 13.7 Å². The predicted molar refractivity (Wildman–Crippen MR) is 52.2 cm³/mol. The summed E-state index contributed by atoms with van der Waals surface area (Å²) in [5, 5.41) is 18.0. The molecule has 14 heavy (non-hydrogen) atoms. The molecule has 0 saturated carbocycles. The molecule has 1 unspecified atom stereocenters. The standard InChI is InChI=1S/C9H19NO4/c1-3-4-10(6-9(12)13)5-8(11)7-14-2/h8,11H,3-7H2,1-2H3,(H,12,13). The molecule has 0 aromatic carbocycles. The van der Waals surface area contributed by atoms with E-state index in [4.69, 9.17) is 9.84 Å². The van der Waals surface area contributed by atoms with E-state index in [0.29, 0.717) is 13.1 Å². The van der Waals surface area contributed by atoms with Crippen molar-refractivity contribution in [2.24, 2.45) is 0 Å². The van der Waals surface area contributed by atoms with E-state index in [-0.39, 0.29) is 13.2 Å². The summed E-state index contributed by atoms with van der Waals surface area (Å²) in [6.45, 7) is 3.19. The molecule has 5 heteroatoms. The van der Waals surface area contributed by atoms with Crippen LogP contribution in [0.3, 0.4) is 0 Å². The van der Waals surface area contributed by atoms with Gasteiger partial charge in [-0.05, 0) is 13.0 Å². The number of methoxy groups -OCH3 is 1. The highest BCUT2D eigenvalue weighted by Gasteiger charge is 2.13. The van der Waals surface area contributed by atoms with Gasteiger partial charge in [0.1, 0.15) is 0 Å². The fraction of sp³-hybridized carbons (Fsp3) is 0.889. The number of nitrogens with zero attached hydrogens (tertiary/aromatic N) is 1. The van der Waals surface area contributed by atoms with Crippen LogP contribution in [-0.4, -0.2) is 60.5 Å². The van der Waals surface area contributed by atoms with Crippen LogP contribution in [0.4, 0.5) is 0 Å². The summed E-state index contributed by atoms with van der Waals surface area (Å²) in [5.74, 6) is -0.872. The molecule has 0 rings (SSSR count). The van der Waals surface area contributed by atoms with Crippen molar-refractivity contribution in [1.82, 2.24) is 4.90 Å². The highest BCUT2D eigenvalue weighted by molar-refractivity contribution is 5.69. The van der Waals surface area contributed by atoms with Gasteiger partial charge < -0.3 is 14.9 Å². The normalized spacial score (nSPS) is 13.1. The Labute approximate surface area is 84.3 Å². The molecule has 2 N–H and O–H groups in total. The molecule has 0 aliphatic heterocycles. The van der Waals surface area contributed by atoms with Gasteiger partial charge in [0.05, 0.1) is 19.3 Å². The van der Waals surface area contributed by atoms with Crippen LogP contribution in [0.2, 0.25) is 0 Å².